The molecule has 0 aliphatic rings. The fourth-order valence-corrected chi connectivity index (χ4v) is 6.13. The Kier molecular flexibility index (Phi) is 12.7. The third kappa shape index (κ3) is 10.0. The fourth-order valence-electron chi connectivity index (χ4n) is 4.73. The predicted molar refractivity (Wildman–Crippen MR) is 171 cm³/mol. The zero-order chi connectivity index (χ0) is 30.7. The standard InChI is InChI=1S/C32H39Cl2N3O4S/c1-4-5-18-35-32(39)30(21-25-12-7-6-8-13-25)36(23-26-14-9-11-24(2)20-26)31(38)15-10-19-37(42(3,40)41)29-22-27(33)16-17-28(29)34/h6-9,11-14,16-17,20,22,30H,4-5,10,15,18-19,21,23H2,1-3H3,(H,35,39). The molecule has 3 rings (SSSR count). The minimum atomic E-state index is -3.71. The van der Waals surface area contributed by atoms with Crippen LogP contribution >= 0.6 is 23.2 Å². The molecule has 7 nitrogen and oxygen atoms in total. The van der Waals surface area contributed by atoms with Gasteiger partial charge in [-0.1, -0.05) is 96.7 Å². The average Bonchev–Trinajstić information content (AvgIpc) is 2.94. The zero-order valence-corrected chi connectivity index (χ0v) is 26.7. The third-order valence-electron chi connectivity index (χ3n) is 6.87. The van der Waals surface area contributed by atoms with E-state index in [1.165, 1.54) is 12.1 Å². The Bertz CT molecular complexity index is 1450. The van der Waals surface area contributed by atoms with Crippen molar-refractivity contribution >= 4 is 50.7 Å². The number of halogens is 2. The summed E-state index contributed by atoms with van der Waals surface area (Å²) >= 11 is 12.4. The summed E-state index contributed by atoms with van der Waals surface area (Å²) in [6, 6.07) is 21.3. The number of carbonyl (C=O) groups is 2. The first-order valence-electron chi connectivity index (χ1n) is 14.1. The maximum absolute atomic E-state index is 13.9. The molecule has 42 heavy (non-hydrogen) atoms. The molecule has 226 valence electrons. The van der Waals surface area contributed by atoms with Gasteiger partial charge in [-0.05, 0) is 49.1 Å². The van der Waals surface area contributed by atoms with Crippen LogP contribution in [-0.2, 0) is 32.6 Å². The van der Waals surface area contributed by atoms with Gasteiger partial charge in [0.1, 0.15) is 6.04 Å². The van der Waals surface area contributed by atoms with E-state index in [1.54, 1.807) is 11.0 Å². The van der Waals surface area contributed by atoms with Crippen LogP contribution in [-0.4, -0.2) is 50.5 Å². The van der Waals surface area contributed by atoms with Crippen molar-refractivity contribution in [3.8, 4) is 0 Å². The molecule has 0 aliphatic carbocycles. The van der Waals surface area contributed by atoms with Gasteiger partial charge in [0.05, 0.1) is 17.0 Å². The van der Waals surface area contributed by atoms with Crippen LogP contribution in [0, 0.1) is 6.92 Å². The summed E-state index contributed by atoms with van der Waals surface area (Å²) in [5.74, 6) is -0.453. The topological polar surface area (TPSA) is 86.8 Å². The van der Waals surface area contributed by atoms with Crippen molar-refractivity contribution in [2.45, 2.75) is 58.5 Å². The Morgan fingerprint density at radius 2 is 1.64 bits per heavy atom. The van der Waals surface area contributed by atoms with Crippen LogP contribution in [0.5, 0.6) is 0 Å². The molecule has 0 spiro atoms. The number of rotatable bonds is 15. The van der Waals surface area contributed by atoms with Crippen LogP contribution in [0.15, 0.2) is 72.8 Å². The molecule has 10 heteroatoms. The van der Waals surface area contributed by atoms with Gasteiger partial charge in [-0.3, -0.25) is 13.9 Å². The molecule has 3 aromatic rings. The molecule has 0 saturated heterocycles. The smallest absolute Gasteiger partial charge is 0.243 e. The number of carbonyl (C=O) groups excluding carboxylic acids is 2. The van der Waals surface area contributed by atoms with Gasteiger partial charge in [0.15, 0.2) is 0 Å². The second-order valence-electron chi connectivity index (χ2n) is 10.4. The Morgan fingerprint density at radius 3 is 2.31 bits per heavy atom. The molecular weight excluding hydrogens is 593 g/mol. The first-order chi connectivity index (χ1) is 20.0. The number of nitrogens with zero attached hydrogens (tertiary/aromatic N) is 2. The molecule has 2 amide bonds. The molecule has 0 saturated carbocycles. The summed E-state index contributed by atoms with van der Waals surface area (Å²) in [6.45, 7) is 4.83. The first-order valence-corrected chi connectivity index (χ1v) is 16.7. The average molecular weight is 633 g/mol. The van der Waals surface area contributed by atoms with Crippen LogP contribution < -0.4 is 9.62 Å². The van der Waals surface area contributed by atoms with Crippen molar-refractivity contribution < 1.29 is 18.0 Å². The molecule has 0 aliphatic heterocycles. The Balaban J connectivity index is 1.89. The van der Waals surface area contributed by atoms with Gasteiger partial charge in [-0.2, -0.15) is 0 Å². The number of aryl methyl sites for hydroxylation is 1. The highest BCUT2D eigenvalue weighted by atomic mass is 35.5. The fraction of sp³-hybridized carbons (Fsp3) is 0.375. The summed E-state index contributed by atoms with van der Waals surface area (Å²) in [7, 11) is -3.71. The summed E-state index contributed by atoms with van der Waals surface area (Å²) in [4.78, 5) is 29.1. The van der Waals surface area contributed by atoms with Gasteiger partial charge in [0, 0.05) is 37.5 Å². The van der Waals surface area contributed by atoms with Crippen LogP contribution in [0.4, 0.5) is 5.69 Å². The second-order valence-corrected chi connectivity index (χ2v) is 13.1. The molecule has 3 aromatic carbocycles. The van der Waals surface area contributed by atoms with Gasteiger partial charge in [-0.25, -0.2) is 8.42 Å². The van der Waals surface area contributed by atoms with Crippen LogP contribution in [0.2, 0.25) is 10.0 Å². The second kappa shape index (κ2) is 16.0. The quantitative estimate of drug-likeness (QED) is 0.197. The summed E-state index contributed by atoms with van der Waals surface area (Å²) in [6.07, 6.45) is 3.46. The van der Waals surface area contributed by atoms with E-state index in [0.717, 1.165) is 40.1 Å². The van der Waals surface area contributed by atoms with Gasteiger partial charge >= 0.3 is 0 Å². The number of unbranched alkanes of at least 4 members (excludes halogenated alkanes) is 1. The highest BCUT2D eigenvalue weighted by molar-refractivity contribution is 7.92. The minimum absolute atomic E-state index is 0.0228. The van der Waals surface area contributed by atoms with Crippen molar-refractivity contribution in [2.24, 2.45) is 0 Å². The van der Waals surface area contributed by atoms with Crippen LogP contribution in [0.1, 0.15) is 49.3 Å². The van der Waals surface area contributed by atoms with Gasteiger partial charge in [-0.15, -0.1) is 0 Å². The molecule has 1 atom stereocenters. The maximum Gasteiger partial charge on any atom is 0.243 e. The van der Waals surface area contributed by atoms with Crippen molar-refractivity contribution in [3.05, 3.63) is 99.5 Å². The predicted octanol–water partition coefficient (Wildman–Crippen LogP) is 6.40. The maximum atomic E-state index is 13.9. The van der Waals surface area contributed by atoms with E-state index in [0.29, 0.717) is 18.0 Å². The van der Waals surface area contributed by atoms with Crippen molar-refractivity contribution in [1.29, 1.82) is 0 Å². The van der Waals surface area contributed by atoms with E-state index in [2.05, 4.69) is 12.2 Å². The molecule has 0 bridgehead atoms. The van der Waals surface area contributed by atoms with E-state index < -0.39 is 16.1 Å². The minimum Gasteiger partial charge on any atom is -0.354 e. The molecule has 0 heterocycles. The lowest BCUT2D eigenvalue weighted by Crippen LogP contribution is -2.50. The number of sulfonamides is 1. The number of hydrogen-bond donors (Lipinski definition) is 1. The Hall–Kier alpha value is -3.07. The lowest BCUT2D eigenvalue weighted by Gasteiger charge is -2.32. The zero-order valence-electron chi connectivity index (χ0n) is 24.4. The highest BCUT2D eigenvalue weighted by Crippen LogP contribution is 2.31. The lowest BCUT2D eigenvalue weighted by molar-refractivity contribution is -0.141. The molecule has 1 N–H and O–H groups in total. The molecule has 1 unspecified atom stereocenters. The molecular formula is C32H39Cl2N3O4S. The van der Waals surface area contributed by atoms with E-state index in [1.807, 2.05) is 61.5 Å². The first kappa shape index (κ1) is 33.4. The van der Waals surface area contributed by atoms with Gasteiger partial charge in [0.25, 0.3) is 0 Å². The van der Waals surface area contributed by atoms with Crippen LogP contribution in [0.3, 0.4) is 0 Å². The number of anilines is 1. The summed E-state index contributed by atoms with van der Waals surface area (Å²) in [5.41, 5.74) is 3.15. The van der Waals surface area contributed by atoms with E-state index in [-0.39, 0.29) is 48.5 Å². The van der Waals surface area contributed by atoms with Gasteiger partial charge in [0.2, 0.25) is 21.8 Å². The molecule has 0 aromatic heterocycles. The van der Waals surface area contributed by atoms with Gasteiger partial charge < -0.3 is 10.2 Å². The number of hydrogen-bond acceptors (Lipinski definition) is 4. The third-order valence-corrected chi connectivity index (χ3v) is 8.60. The normalized spacial score (nSPS) is 12.0. The van der Waals surface area contributed by atoms with Crippen molar-refractivity contribution in [3.63, 3.8) is 0 Å². The van der Waals surface area contributed by atoms with Crippen LogP contribution in [0.25, 0.3) is 0 Å². The lowest BCUT2D eigenvalue weighted by atomic mass is 10.0. The van der Waals surface area contributed by atoms with E-state index >= 15 is 0 Å². The van der Waals surface area contributed by atoms with E-state index in [9.17, 15) is 18.0 Å². The molecule has 0 radical (unpaired) electrons. The SMILES string of the molecule is CCCCNC(=O)C(Cc1ccccc1)N(Cc1cccc(C)c1)C(=O)CCCN(c1cc(Cl)ccc1Cl)S(C)(=O)=O. The number of nitrogens with one attached hydrogen (secondary N) is 1. The molecule has 0 fully saturated rings. The summed E-state index contributed by atoms with van der Waals surface area (Å²) in [5, 5.41) is 3.60. The summed E-state index contributed by atoms with van der Waals surface area (Å²) < 4.78 is 26.5. The largest absolute Gasteiger partial charge is 0.354 e. The van der Waals surface area contributed by atoms with E-state index in [4.69, 9.17) is 23.2 Å². The van der Waals surface area contributed by atoms with Crippen molar-refractivity contribution in [2.75, 3.05) is 23.7 Å². The number of amides is 2. The monoisotopic (exact) mass is 631 g/mol. The number of benzene rings is 3. The van der Waals surface area contributed by atoms with Crippen molar-refractivity contribution in [1.82, 2.24) is 10.2 Å². The highest BCUT2D eigenvalue weighted by Gasteiger charge is 2.30. The Morgan fingerprint density at radius 1 is 0.929 bits per heavy atom. The Labute approximate surface area is 259 Å².